The predicted molar refractivity (Wildman–Crippen MR) is 85.9 cm³/mol. The quantitative estimate of drug-likeness (QED) is 0.612. The smallest absolute Gasteiger partial charge is 0.277 e. The van der Waals surface area contributed by atoms with Crippen molar-refractivity contribution in [2.24, 2.45) is 4.99 Å². The highest BCUT2D eigenvalue weighted by Crippen LogP contribution is 2.32. The lowest BCUT2D eigenvalue weighted by Gasteiger charge is -2.17. The van der Waals surface area contributed by atoms with Gasteiger partial charge < -0.3 is 0 Å². The first-order valence-corrected chi connectivity index (χ1v) is 7.42. The Labute approximate surface area is 124 Å². The summed E-state index contributed by atoms with van der Waals surface area (Å²) in [5.74, 6) is 0.691. The lowest BCUT2D eigenvalue weighted by Crippen LogP contribution is -2.25. The van der Waals surface area contributed by atoms with E-state index in [9.17, 15) is 4.79 Å². The Kier molecular flexibility index (Phi) is 4.04. The molecule has 106 valence electrons. The standard InChI is InChI=1S/C16H20N2OS/c1-11-17-14(15(19)18(11)5)10-12-6-8-13(9-7-12)20-16(2,3)4/h6-10H,1-5H3. The second-order valence-corrected chi connectivity index (χ2v) is 7.74. The number of benzene rings is 1. The van der Waals surface area contributed by atoms with Gasteiger partial charge in [0.1, 0.15) is 11.5 Å². The zero-order valence-corrected chi connectivity index (χ0v) is 13.4. The number of nitrogens with zero attached hydrogens (tertiary/aromatic N) is 2. The molecule has 1 amide bonds. The first-order chi connectivity index (χ1) is 9.26. The molecule has 0 unspecified atom stereocenters. The SMILES string of the molecule is CC1=NC(=Cc2ccc(SC(C)(C)C)cc2)C(=O)N1C. The van der Waals surface area contributed by atoms with Gasteiger partial charge in [-0.25, -0.2) is 4.99 Å². The summed E-state index contributed by atoms with van der Waals surface area (Å²) in [6, 6.07) is 8.22. The number of carbonyl (C=O) groups excluding carboxylic acids is 1. The van der Waals surface area contributed by atoms with Gasteiger partial charge in [-0.2, -0.15) is 0 Å². The normalized spacial score (nSPS) is 17.9. The van der Waals surface area contributed by atoms with Gasteiger partial charge in [0.25, 0.3) is 5.91 Å². The fourth-order valence-corrected chi connectivity index (χ4v) is 2.83. The molecule has 0 N–H and O–H groups in total. The minimum atomic E-state index is -0.0457. The van der Waals surface area contributed by atoms with Gasteiger partial charge in [0.15, 0.2) is 0 Å². The van der Waals surface area contributed by atoms with Crippen molar-refractivity contribution in [3.05, 3.63) is 35.5 Å². The molecule has 0 bridgehead atoms. The highest BCUT2D eigenvalue weighted by Gasteiger charge is 2.23. The summed E-state index contributed by atoms with van der Waals surface area (Å²) in [5.41, 5.74) is 1.50. The Morgan fingerprint density at radius 1 is 1.20 bits per heavy atom. The molecule has 1 aromatic rings. The maximum Gasteiger partial charge on any atom is 0.277 e. The average molecular weight is 288 g/mol. The number of aliphatic imine (C=N–C) groups is 1. The van der Waals surface area contributed by atoms with Gasteiger partial charge in [-0.05, 0) is 30.7 Å². The molecule has 1 aliphatic rings. The third kappa shape index (κ3) is 3.51. The van der Waals surface area contributed by atoms with Crippen LogP contribution >= 0.6 is 11.8 Å². The van der Waals surface area contributed by atoms with E-state index in [1.54, 1.807) is 11.9 Å². The fraction of sp³-hybridized carbons (Fsp3) is 0.375. The van der Waals surface area contributed by atoms with E-state index in [-0.39, 0.29) is 10.7 Å². The number of hydrogen-bond acceptors (Lipinski definition) is 3. The van der Waals surface area contributed by atoms with Crippen molar-refractivity contribution in [2.75, 3.05) is 7.05 Å². The Bertz CT molecular complexity index is 579. The minimum Gasteiger partial charge on any atom is -0.298 e. The van der Waals surface area contributed by atoms with Crippen LogP contribution in [-0.2, 0) is 4.79 Å². The van der Waals surface area contributed by atoms with Gasteiger partial charge in [0.2, 0.25) is 0 Å². The molecule has 2 rings (SSSR count). The summed E-state index contributed by atoms with van der Waals surface area (Å²) >= 11 is 1.83. The summed E-state index contributed by atoms with van der Waals surface area (Å²) in [6.07, 6.45) is 1.83. The second kappa shape index (κ2) is 5.44. The molecule has 0 spiro atoms. The molecule has 0 saturated carbocycles. The molecule has 0 aliphatic carbocycles. The number of carbonyl (C=O) groups is 1. The molecule has 0 aromatic heterocycles. The second-order valence-electron chi connectivity index (χ2n) is 5.84. The third-order valence-corrected chi connectivity index (χ3v) is 4.02. The Morgan fingerprint density at radius 3 is 2.25 bits per heavy atom. The summed E-state index contributed by atoms with van der Waals surface area (Å²) in [7, 11) is 1.74. The zero-order chi connectivity index (χ0) is 14.9. The Hall–Kier alpha value is -1.55. The molecule has 0 radical (unpaired) electrons. The Morgan fingerprint density at radius 2 is 1.80 bits per heavy atom. The van der Waals surface area contributed by atoms with Crippen LogP contribution in [0.2, 0.25) is 0 Å². The number of amidine groups is 1. The van der Waals surface area contributed by atoms with E-state index in [0.717, 1.165) is 11.4 Å². The van der Waals surface area contributed by atoms with Crippen LogP contribution in [0.4, 0.5) is 0 Å². The van der Waals surface area contributed by atoms with Crippen LogP contribution in [0.1, 0.15) is 33.3 Å². The summed E-state index contributed by atoms with van der Waals surface area (Å²) in [6.45, 7) is 8.41. The lowest BCUT2D eigenvalue weighted by atomic mass is 10.2. The van der Waals surface area contributed by atoms with E-state index in [1.807, 2.05) is 36.9 Å². The highest BCUT2D eigenvalue weighted by molar-refractivity contribution is 8.00. The molecular formula is C16H20N2OS. The molecule has 1 aliphatic heterocycles. The molecule has 4 heteroatoms. The van der Waals surface area contributed by atoms with E-state index in [2.05, 4.69) is 37.9 Å². The van der Waals surface area contributed by atoms with Crippen molar-refractivity contribution in [3.63, 3.8) is 0 Å². The molecule has 1 aromatic carbocycles. The van der Waals surface area contributed by atoms with Crippen LogP contribution in [0.3, 0.4) is 0 Å². The average Bonchev–Trinajstić information content (AvgIpc) is 2.58. The fourth-order valence-electron chi connectivity index (χ4n) is 1.85. The van der Waals surface area contributed by atoms with E-state index in [1.165, 1.54) is 4.90 Å². The van der Waals surface area contributed by atoms with Crippen LogP contribution in [-0.4, -0.2) is 28.4 Å². The number of amides is 1. The molecule has 0 saturated heterocycles. The van der Waals surface area contributed by atoms with Crippen LogP contribution in [0.15, 0.2) is 39.9 Å². The van der Waals surface area contributed by atoms with Gasteiger partial charge in [-0.15, -0.1) is 11.8 Å². The number of rotatable bonds is 2. The summed E-state index contributed by atoms with van der Waals surface area (Å²) in [5, 5.41) is 0. The lowest BCUT2D eigenvalue weighted by molar-refractivity contribution is -0.121. The molecule has 1 heterocycles. The van der Waals surface area contributed by atoms with E-state index in [0.29, 0.717) is 5.70 Å². The van der Waals surface area contributed by atoms with Crippen molar-refractivity contribution >= 4 is 29.6 Å². The van der Waals surface area contributed by atoms with Crippen LogP contribution in [0.25, 0.3) is 6.08 Å². The van der Waals surface area contributed by atoms with E-state index >= 15 is 0 Å². The van der Waals surface area contributed by atoms with Crippen molar-refractivity contribution in [1.82, 2.24) is 4.90 Å². The maximum atomic E-state index is 11.9. The predicted octanol–water partition coefficient (Wildman–Crippen LogP) is 3.81. The number of likely N-dealkylation sites (N-methyl/N-ethyl adjacent to an activating group) is 1. The van der Waals surface area contributed by atoms with Gasteiger partial charge in [-0.1, -0.05) is 32.9 Å². The molecule has 20 heavy (non-hydrogen) atoms. The van der Waals surface area contributed by atoms with Crippen LogP contribution < -0.4 is 0 Å². The number of hydrogen-bond donors (Lipinski definition) is 0. The highest BCUT2D eigenvalue weighted by atomic mass is 32.2. The van der Waals surface area contributed by atoms with Crippen molar-refractivity contribution < 1.29 is 4.79 Å². The van der Waals surface area contributed by atoms with Gasteiger partial charge in [-0.3, -0.25) is 9.69 Å². The van der Waals surface area contributed by atoms with Gasteiger partial charge >= 0.3 is 0 Å². The van der Waals surface area contributed by atoms with Gasteiger partial charge in [0.05, 0.1) is 0 Å². The monoisotopic (exact) mass is 288 g/mol. The molecule has 3 nitrogen and oxygen atoms in total. The largest absolute Gasteiger partial charge is 0.298 e. The minimum absolute atomic E-state index is 0.0457. The first kappa shape index (κ1) is 14.9. The Balaban J connectivity index is 2.18. The summed E-state index contributed by atoms with van der Waals surface area (Å²) < 4.78 is 0.200. The first-order valence-electron chi connectivity index (χ1n) is 6.60. The van der Waals surface area contributed by atoms with Crippen molar-refractivity contribution in [1.29, 1.82) is 0 Å². The van der Waals surface area contributed by atoms with Crippen LogP contribution in [0.5, 0.6) is 0 Å². The van der Waals surface area contributed by atoms with E-state index < -0.39 is 0 Å². The van der Waals surface area contributed by atoms with Gasteiger partial charge in [0, 0.05) is 16.7 Å². The number of thioether (sulfide) groups is 1. The molecular weight excluding hydrogens is 268 g/mol. The zero-order valence-electron chi connectivity index (χ0n) is 12.6. The topological polar surface area (TPSA) is 32.7 Å². The maximum absolute atomic E-state index is 11.9. The summed E-state index contributed by atoms with van der Waals surface area (Å²) in [4.78, 5) is 19.0. The van der Waals surface area contributed by atoms with E-state index in [4.69, 9.17) is 0 Å². The van der Waals surface area contributed by atoms with Crippen molar-refractivity contribution in [3.8, 4) is 0 Å². The molecule has 0 fully saturated rings. The third-order valence-electron chi connectivity index (χ3n) is 2.90. The van der Waals surface area contributed by atoms with Crippen LogP contribution in [0, 0.1) is 0 Å². The molecule has 0 atom stereocenters. The van der Waals surface area contributed by atoms with Crippen molar-refractivity contribution in [2.45, 2.75) is 37.3 Å².